The van der Waals surface area contributed by atoms with Crippen molar-refractivity contribution in [3.8, 4) is 0 Å². The van der Waals surface area contributed by atoms with Gasteiger partial charge in [0.25, 0.3) is 0 Å². The fourth-order valence-electron chi connectivity index (χ4n) is 1.93. The Balaban J connectivity index is 1.86. The molecule has 0 spiro atoms. The average Bonchev–Trinajstić information content (AvgIpc) is 2.83. The van der Waals surface area contributed by atoms with Gasteiger partial charge in [-0.05, 0) is 26.3 Å². The Morgan fingerprint density at radius 3 is 3.25 bits per heavy atom. The molecule has 1 aliphatic rings. The van der Waals surface area contributed by atoms with Crippen LogP contribution in [0.3, 0.4) is 0 Å². The zero-order chi connectivity index (χ0) is 11.4. The molecule has 1 aromatic heterocycles. The smallest absolute Gasteiger partial charge is 0.224 e. The van der Waals surface area contributed by atoms with E-state index in [0.29, 0.717) is 0 Å². The summed E-state index contributed by atoms with van der Waals surface area (Å²) in [5.74, 6) is 0.186. The van der Waals surface area contributed by atoms with Crippen LogP contribution in [-0.2, 0) is 4.79 Å². The molecule has 0 saturated carbocycles. The maximum absolute atomic E-state index is 11.9. The van der Waals surface area contributed by atoms with E-state index in [0.717, 1.165) is 31.6 Å². The lowest BCUT2D eigenvalue weighted by Crippen LogP contribution is -2.41. The van der Waals surface area contributed by atoms with Crippen molar-refractivity contribution in [2.24, 2.45) is 5.92 Å². The number of nitrogens with zero attached hydrogens (tertiary/aromatic N) is 1. The quantitative estimate of drug-likeness (QED) is 0.797. The van der Waals surface area contributed by atoms with E-state index in [-0.39, 0.29) is 17.9 Å². The molecule has 2 rings (SSSR count). The lowest BCUT2D eigenvalue weighted by Gasteiger charge is -2.23. The lowest BCUT2D eigenvalue weighted by molar-refractivity contribution is -0.126. The lowest BCUT2D eigenvalue weighted by atomic mass is 9.98. The minimum absolute atomic E-state index is 0.0862. The summed E-state index contributed by atoms with van der Waals surface area (Å²) in [4.78, 5) is 11.9. The summed E-state index contributed by atoms with van der Waals surface area (Å²) in [6.45, 7) is 3.70. The number of nitrogens with one attached hydrogen (secondary N) is 2. The van der Waals surface area contributed by atoms with Gasteiger partial charge in [-0.25, -0.2) is 0 Å². The Labute approximate surface area is 94.6 Å². The maximum Gasteiger partial charge on any atom is 0.224 e. The van der Waals surface area contributed by atoms with Gasteiger partial charge in [-0.3, -0.25) is 4.79 Å². The fourth-order valence-corrected chi connectivity index (χ4v) is 1.93. The van der Waals surface area contributed by atoms with Gasteiger partial charge in [0.1, 0.15) is 12.0 Å². The van der Waals surface area contributed by atoms with E-state index in [2.05, 4.69) is 15.8 Å². The minimum atomic E-state index is -0.0897. The van der Waals surface area contributed by atoms with Gasteiger partial charge < -0.3 is 15.2 Å². The molecule has 88 valence electrons. The number of rotatable bonds is 3. The van der Waals surface area contributed by atoms with Gasteiger partial charge in [0, 0.05) is 12.6 Å². The molecular formula is C11H17N3O2. The van der Waals surface area contributed by atoms with Crippen molar-refractivity contribution in [2.45, 2.75) is 25.8 Å². The van der Waals surface area contributed by atoms with Crippen LogP contribution < -0.4 is 10.6 Å². The van der Waals surface area contributed by atoms with E-state index in [1.165, 1.54) is 6.26 Å². The zero-order valence-electron chi connectivity index (χ0n) is 9.40. The number of carbonyl (C=O) groups excluding carboxylic acids is 1. The topological polar surface area (TPSA) is 67.2 Å². The normalized spacial score (nSPS) is 22.7. The number of amides is 1. The second-order valence-corrected chi connectivity index (χ2v) is 4.20. The number of hydrogen-bond donors (Lipinski definition) is 2. The average molecular weight is 223 g/mol. The summed E-state index contributed by atoms with van der Waals surface area (Å²) < 4.78 is 4.75. The molecular weight excluding hydrogens is 206 g/mol. The maximum atomic E-state index is 11.9. The van der Waals surface area contributed by atoms with E-state index in [9.17, 15) is 4.79 Å². The first-order valence-electron chi connectivity index (χ1n) is 5.68. The summed E-state index contributed by atoms with van der Waals surface area (Å²) in [7, 11) is 0. The van der Waals surface area contributed by atoms with E-state index in [4.69, 9.17) is 4.52 Å². The van der Waals surface area contributed by atoms with E-state index in [1.54, 1.807) is 6.07 Å². The van der Waals surface area contributed by atoms with Gasteiger partial charge in [-0.2, -0.15) is 0 Å². The fraction of sp³-hybridized carbons (Fsp3) is 0.636. The number of piperidine rings is 1. The van der Waals surface area contributed by atoms with E-state index >= 15 is 0 Å². The van der Waals surface area contributed by atoms with Crippen molar-refractivity contribution in [1.82, 2.24) is 15.8 Å². The first kappa shape index (κ1) is 11.1. The van der Waals surface area contributed by atoms with Crippen LogP contribution in [0.15, 0.2) is 16.9 Å². The monoisotopic (exact) mass is 223 g/mol. The van der Waals surface area contributed by atoms with Crippen LogP contribution in [0, 0.1) is 5.92 Å². The number of carbonyl (C=O) groups is 1. The molecule has 0 radical (unpaired) electrons. The summed E-state index contributed by atoms with van der Waals surface area (Å²) in [5, 5.41) is 9.99. The minimum Gasteiger partial charge on any atom is -0.364 e. The van der Waals surface area contributed by atoms with Crippen molar-refractivity contribution in [3.05, 3.63) is 18.0 Å². The SMILES string of the molecule is C[C@@H](NC(=O)C1CCCNC1)c1ccon1. The van der Waals surface area contributed by atoms with Crippen molar-refractivity contribution in [1.29, 1.82) is 0 Å². The largest absolute Gasteiger partial charge is 0.364 e. The zero-order valence-corrected chi connectivity index (χ0v) is 9.40. The second kappa shape index (κ2) is 5.12. The first-order chi connectivity index (χ1) is 7.77. The van der Waals surface area contributed by atoms with Gasteiger partial charge in [0.2, 0.25) is 5.91 Å². The Kier molecular flexibility index (Phi) is 3.56. The Morgan fingerprint density at radius 2 is 2.62 bits per heavy atom. The molecule has 2 heterocycles. The van der Waals surface area contributed by atoms with Gasteiger partial charge in [0.15, 0.2) is 0 Å². The number of aromatic nitrogens is 1. The van der Waals surface area contributed by atoms with Crippen LogP contribution in [0.4, 0.5) is 0 Å². The third-order valence-electron chi connectivity index (χ3n) is 2.93. The Bertz CT molecular complexity index is 331. The Hall–Kier alpha value is -1.36. The van der Waals surface area contributed by atoms with E-state index < -0.39 is 0 Å². The van der Waals surface area contributed by atoms with Crippen molar-refractivity contribution in [2.75, 3.05) is 13.1 Å². The molecule has 0 aliphatic carbocycles. The highest BCUT2D eigenvalue weighted by atomic mass is 16.5. The molecule has 0 aromatic carbocycles. The van der Waals surface area contributed by atoms with Crippen molar-refractivity contribution < 1.29 is 9.32 Å². The molecule has 2 atom stereocenters. The molecule has 1 amide bonds. The van der Waals surface area contributed by atoms with Crippen LogP contribution in [0.25, 0.3) is 0 Å². The summed E-state index contributed by atoms with van der Waals surface area (Å²) in [5.41, 5.74) is 0.761. The second-order valence-electron chi connectivity index (χ2n) is 4.20. The van der Waals surface area contributed by atoms with Crippen LogP contribution in [0.5, 0.6) is 0 Å². The molecule has 1 unspecified atom stereocenters. The molecule has 1 fully saturated rings. The highest BCUT2D eigenvalue weighted by Crippen LogP contribution is 2.13. The third-order valence-corrected chi connectivity index (χ3v) is 2.93. The molecule has 0 bridgehead atoms. The standard InChI is InChI=1S/C11H17N3O2/c1-8(10-4-6-16-14-10)13-11(15)9-3-2-5-12-7-9/h4,6,8-9,12H,2-3,5,7H2,1H3,(H,13,15)/t8-,9?/m1/s1. The van der Waals surface area contributed by atoms with Crippen molar-refractivity contribution in [3.63, 3.8) is 0 Å². The van der Waals surface area contributed by atoms with Crippen LogP contribution in [-0.4, -0.2) is 24.2 Å². The van der Waals surface area contributed by atoms with Gasteiger partial charge >= 0.3 is 0 Å². The molecule has 1 aliphatic heterocycles. The van der Waals surface area contributed by atoms with Crippen LogP contribution >= 0.6 is 0 Å². The van der Waals surface area contributed by atoms with Crippen molar-refractivity contribution >= 4 is 5.91 Å². The Morgan fingerprint density at radius 1 is 1.75 bits per heavy atom. The highest BCUT2D eigenvalue weighted by molar-refractivity contribution is 5.79. The molecule has 1 aromatic rings. The summed E-state index contributed by atoms with van der Waals surface area (Å²) >= 11 is 0. The van der Waals surface area contributed by atoms with Gasteiger partial charge in [-0.1, -0.05) is 5.16 Å². The molecule has 1 saturated heterocycles. The molecule has 5 heteroatoms. The van der Waals surface area contributed by atoms with Crippen LogP contribution in [0.1, 0.15) is 31.5 Å². The van der Waals surface area contributed by atoms with Crippen LogP contribution in [0.2, 0.25) is 0 Å². The third kappa shape index (κ3) is 2.61. The predicted molar refractivity (Wildman–Crippen MR) is 58.7 cm³/mol. The van der Waals surface area contributed by atoms with Gasteiger partial charge in [0.05, 0.1) is 12.0 Å². The van der Waals surface area contributed by atoms with Gasteiger partial charge in [-0.15, -0.1) is 0 Å². The van der Waals surface area contributed by atoms with E-state index in [1.807, 2.05) is 6.92 Å². The highest BCUT2D eigenvalue weighted by Gasteiger charge is 2.22. The predicted octanol–water partition coefficient (Wildman–Crippen LogP) is 0.851. The molecule has 5 nitrogen and oxygen atoms in total. The molecule has 2 N–H and O–H groups in total. The summed E-state index contributed by atoms with van der Waals surface area (Å²) in [6.07, 6.45) is 3.54. The number of hydrogen-bond acceptors (Lipinski definition) is 4. The summed E-state index contributed by atoms with van der Waals surface area (Å²) in [6, 6.07) is 1.68. The molecule has 16 heavy (non-hydrogen) atoms. The first-order valence-corrected chi connectivity index (χ1v) is 5.68.